The van der Waals surface area contributed by atoms with Crippen LogP contribution in [0, 0.1) is 0 Å². The van der Waals surface area contributed by atoms with E-state index in [1.165, 1.54) is 11.8 Å². The Balaban J connectivity index is 2.08. The monoisotopic (exact) mass is 452 g/mol. The summed E-state index contributed by atoms with van der Waals surface area (Å²) >= 11 is 13.3. The average molecular weight is 453 g/mol. The standard InChI is InChI=1S/C22H26Cl2N2O2S/c1-3-4-13-25-22(28)16(2)26(14-17-5-7-18(23)8-6-17)21(27)15-29-20-11-9-19(24)10-12-20/h5-12,16H,3-4,13-15H2,1-2H3,(H,25,28)/t16-/m1/s1. The quantitative estimate of drug-likeness (QED) is 0.386. The van der Waals surface area contributed by atoms with Crippen LogP contribution in [0.3, 0.4) is 0 Å². The van der Waals surface area contributed by atoms with Crippen LogP contribution < -0.4 is 5.32 Å². The summed E-state index contributed by atoms with van der Waals surface area (Å²) in [5, 5.41) is 4.21. The molecule has 1 atom stereocenters. The number of unbranched alkanes of at least 4 members (excludes halogenated alkanes) is 1. The van der Waals surface area contributed by atoms with Gasteiger partial charge >= 0.3 is 0 Å². The first-order chi connectivity index (χ1) is 13.9. The van der Waals surface area contributed by atoms with E-state index in [0.29, 0.717) is 23.1 Å². The summed E-state index contributed by atoms with van der Waals surface area (Å²) in [5.41, 5.74) is 0.924. The third kappa shape index (κ3) is 7.92. The summed E-state index contributed by atoms with van der Waals surface area (Å²) in [5.74, 6) is -0.00257. The topological polar surface area (TPSA) is 49.4 Å². The first kappa shape index (κ1) is 23.6. The minimum atomic E-state index is -0.569. The summed E-state index contributed by atoms with van der Waals surface area (Å²) in [6, 6.07) is 14.1. The zero-order valence-corrected chi connectivity index (χ0v) is 19.0. The van der Waals surface area contributed by atoms with Crippen LogP contribution in [0.4, 0.5) is 0 Å². The van der Waals surface area contributed by atoms with Gasteiger partial charge in [0.15, 0.2) is 0 Å². The zero-order chi connectivity index (χ0) is 21.2. The van der Waals surface area contributed by atoms with Crippen molar-refractivity contribution in [1.82, 2.24) is 10.2 Å². The molecule has 0 aromatic heterocycles. The van der Waals surface area contributed by atoms with Crippen molar-refractivity contribution in [2.45, 2.75) is 44.2 Å². The molecule has 0 spiro atoms. The van der Waals surface area contributed by atoms with Crippen LogP contribution in [0.1, 0.15) is 32.3 Å². The van der Waals surface area contributed by atoms with Gasteiger partial charge in [0, 0.05) is 28.0 Å². The fourth-order valence-electron chi connectivity index (χ4n) is 2.66. The fraction of sp³-hybridized carbons (Fsp3) is 0.364. The molecule has 2 rings (SSSR count). The number of hydrogen-bond donors (Lipinski definition) is 1. The predicted octanol–water partition coefficient (Wildman–Crippen LogP) is 5.42. The summed E-state index contributed by atoms with van der Waals surface area (Å²) in [6.07, 6.45) is 1.91. The van der Waals surface area contributed by atoms with Crippen molar-refractivity contribution >= 4 is 46.8 Å². The predicted molar refractivity (Wildman–Crippen MR) is 122 cm³/mol. The Morgan fingerprint density at radius 3 is 2.21 bits per heavy atom. The van der Waals surface area contributed by atoms with Gasteiger partial charge < -0.3 is 10.2 Å². The van der Waals surface area contributed by atoms with Crippen LogP contribution in [0.2, 0.25) is 10.0 Å². The van der Waals surface area contributed by atoms with Crippen LogP contribution in [0.25, 0.3) is 0 Å². The Bertz CT molecular complexity index is 797. The molecule has 0 bridgehead atoms. The molecule has 0 fully saturated rings. The summed E-state index contributed by atoms with van der Waals surface area (Å²) in [7, 11) is 0. The molecule has 0 aliphatic heterocycles. The Labute approximate surface area is 187 Å². The highest BCUT2D eigenvalue weighted by atomic mass is 35.5. The lowest BCUT2D eigenvalue weighted by molar-refractivity contribution is -0.138. The van der Waals surface area contributed by atoms with E-state index in [1.54, 1.807) is 36.1 Å². The minimum absolute atomic E-state index is 0.0990. The molecule has 0 aliphatic rings. The maximum atomic E-state index is 13.0. The third-order valence-corrected chi connectivity index (χ3v) is 5.94. The molecule has 2 amide bonds. The number of benzene rings is 2. The van der Waals surface area contributed by atoms with Gasteiger partial charge in [-0.1, -0.05) is 48.7 Å². The highest BCUT2D eigenvalue weighted by Crippen LogP contribution is 2.22. The van der Waals surface area contributed by atoms with Gasteiger partial charge in [-0.25, -0.2) is 0 Å². The summed E-state index contributed by atoms with van der Waals surface area (Å²) in [4.78, 5) is 28.1. The number of nitrogens with one attached hydrogen (secondary N) is 1. The number of hydrogen-bond acceptors (Lipinski definition) is 3. The number of rotatable bonds is 10. The lowest BCUT2D eigenvalue weighted by atomic mass is 10.1. The molecule has 4 nitrogen and oxygen atoms in total. The second kappa shape index (κ2) is 12.1. The molecule has 0 heterocycles. The summed E-state index contributed by atoms with van der Waals surface area (Å²) in [6.45, 7) is 4.80. The Hall–Kier alpha value is -1.69. The van der Waals surface area contributed by atoms with E-state index < -0.39 is 6.04 Å². The normalized spacial score (nSPS) is 11.7. The molecule has 0 saturated carbocycles. The summed E-state index contributed by atoms with van der Waals surface area (Å²) < 4.78 is 0. The van der Waals surface area contributed by atoms with Gasteiger partial charge in [-0.05, 0) is 55.3 Å². The van der Waals surface area contributed by atoms with E-state index in [9.17, 15) is 9.59 Å². The van der Waals surface area contributed by atoms with Crippen LogP contribution in [-0.2, 0) is 16.1 Å². The van der Waals surface area contributed by atoms with Crippen molar-refractivity contribution in [1.29, 1.82) is 0 Å². The molecule has 156 valence electrons. The van der Waals surface area contributed by atoms with Crippen LogP contribution in [0.15, 0.2) is 53.4 Å². The largest absolute Gasteiger partial charge is 0.354 e. The van der Waals surface area contributed by atoms with Crippen LogP contribution in [-0.4, -0.2) is 35.1 Å². The molecule has 2 aromatic rings. The molecule has 1 N–H and O–H groups in total. The van der Waals surface area contributed by atoms with Gasteiger partial charge in [-0.3, -0.25) is 9.59 Å². The van der Waals surface area contributed by atoms with E-state index in [0.717, 1.165) is 23.3 Å². The SMILES string of the molecule is CCCCNC(=O)[C@@H](C)N(Cc1ccc(Cl)cc1)C(=O)CSc1ccc(Cl)cc1. The molecule has 0 aliphatic carbocycles. The van der Waals surface area contributed by atoms with Crippen molar-refractivity contribution in [3.63, 3.8) is 0 Å². The van der Waals surface area contributed by atoms with Crippen LogP contribution in [0.5, 0.6) is 0 Å². The maximum absolute atomic E-state index is 13.0. The van der Waals surface area contributed by atoms with E-state index in [2.05, 4.69) is 12.2 Å². The number of thioether (sulfide) groups is 1. The molecule has 29 heavy (non-hydrogen) atoms. The van der Waals surface area contributed by atoms with Gasteiger partial charge in [0.05, 0.1) is 5.75 Å². The zero-order valence-electron chi connectivity index (χ0n) is 16.7. The molecule has 2 aromatic carbocycles. The van der Waals surface area contributed by atoms with Crippen LogP contribution >= 0.6 is 35.0 Å². The van der Waals surface area contributed by atoms with Crippen molar-refractivity contribution in [2.24, 2.45) is 0 Å². The molecular weight excluding hydrogens is 427 g/mol. The molecule has 0 radical (unpaired) electrons. The Morgan fingerprint density at radius 1 is 1.03 bits per heavy atom. The first-order valence-corrected chi connectivity index (χ1v) is 11.3. The highest BCUT2D eigenvalue weighted by molar-refractivity contribution is 8.00. The minimum Gasteiger partial charge on any atom is -0.354 e. The van der Waals surface area contributed by atoms with Crippen molar-refractivity contribution in [2.75, 3.05) is 12.3 Å². The van der Waals surface area contributed by atoms with Gasteiger partial charge in [0.2, 0.25) is 11.8 Å². The van der Waals surface area contributed by atoms with Gasteiger partial charge in [0.1, 0.15) is 6.04 Å². The van der Waals surface area contributed by atoms with Gasteiger partial charge in [-0.2, -0.15) is 0 Å². The second-order valence-corrected chi connectivity index (χ2v) is 8.63. The van der Waals surface area contributed by atoms with Gasteiger partial charge in [-0.15, -0.1) is 11.8 Å². The van der Waals surface area contributed by atoms with E-state index in [-0.39, 0.29) is 17.6 Å². The second-order valence-electron chi connectivity index (χ2n) is 6.71. The number of carbonyl (C=O) groups excluding carboxylic acids is 2. The van der Waals surface area contributed by atoms with Crippen molar-refractivity contribution in [3.8, 4) is 0 Å². The van der Waals surface area contributed by atoms with Gasteiger partial charge in [0.25, 0.3) is 0 Å². The molecule has 7 heteroatoms. The van der Waals surface area contributed by atoms with Crippen molar-refractivity contribution in [3.05, 3.63) is 64.1 Å². The smallest absolute Gasteiger partial charge is 0.242 e. The molecular formula is C22H26Cl2N2O2S. The third-order valence-electron chi connectivity index (χ3n) is 4.44. The number of amides is 2. The highest BCUT2D eigenvalue weighted by Gasteiger charge is 2.26. The van der Waals surface area contributed by atoms with Crippen molar-refractivity contribution < 1.29 is 9.59 Å². The number of nitrogens with zero attached hydrogens (tertiary/aromatic N) is 1. The lowest BCUT2D eigenvalue weighted by Gasteiger charge is -2.28. The Kier molecular flexibility index (Phi) is 9.85. The number of halogens is 2. The number of carbonyl (C=O) groups is 2. The lowest BCUT2D eigenvalue weighted by Crippen LogP contribution is -2.48. The molecule has 0 unspecified atom stereocenters. The van der Waals surface area contributed by atoms with E-state index in [4.69, 9.17) is 23.2 Å². The average Bonchev–Trinajstić information content (AvgIpc) is 2.72. The van der Waals surface area contributed by atoms with E-state index in [1.807, 2.05) is 24.3 Å². The Morgan fingerprint density at radius 2 is 1.62 bits per heavy atom. The first-order valence-electron chi connectivity index (χ1n) is 9.60. The maximum Gasteiger partial charge on any atom is 0.242 e. The molecule has 0 saturated heterocycles. The fourth-order valence-corrected chi connectivity index (χ4v) is 3.70. The van der Waals surface area contributed by atoms with E-state index >= 15 is 0 Å².